The van der Waals surface area contributed by atoms with E-state index >= 15 is 0 Å². The van der Waals surface area contributed by atoms with Crippen LogP contribution in [0.1, 0.15) is 290 Å². The maximum atomic E-state index is 12.8. The lowest BCUT2D eigenvalue weighted by Gasteiger charge is -2.18. The van der Waals surface area contributed by atoms with Crippen LogP contribution in [0.2, 0.25) is 0 Å². The molecule has 0 aromatic carbocycles. The summed E-state index contributed by atoms with van der Waals surface area (Å²) in [5.41, 5.74) is 0. The topological polar surface area (TPSA) is 78.9 Å². The molecule has 0 radical (unpaired) electrons. The summed E-state index contributed by atoms with van der Waals surface area (Å²) < 4.78 is 16.8. The van der Waals surface area contributed by atoms with Crippen LogP contribution >= 0.6 is 0 Å². The predicted octanol–water partition coefficient (Wildman–Crippen LogP) is 18.1. The van der Waals surface area contributed by atoms with E-state index in [4.69, 9.17) is 14.2 Å². The molecule has 368 valence electrons. The van der Waals surface area contributed by atoms with Crippen molar-refractivity contribution in [3.05, 3.63) is 36.5 Å². The molecule has 1 unspecified atom stereocenters. The van der Waals surface area contributed by atoms with Crippen LogP contribution in [0.25, 0.3) is 0 Å². The molecule has 0 saturated heterocycles. The number of hydrogen-bond donors (Lipinski definition) is 0. The van der Waals surface area contributed by atoms with Gasteiger partial charge in [-0.15, -0.1) is 0 Å². The van der Waals surface area contributed by atoms with Crippen LogP contribution < -0.4 is 0 Å². The van der Waals surface area contributed by atoms with Gasteiger partial charge in [0.05, 0.1) is 0 Å². The Morgan fingerprint density at radius 1 is 0.317 bits per heavy atom. The molecule has 0 N–H and O–H groups in total. The third kappa shape index (κ3) is 50.5. The van der Waals surface area contributed by atoms with Crippen molar-refractivity contribution in [2.75, 3.05) is 13.2 Å². The smallest absolute Gasteiger partial charge is 0.306 e. The van der Waals surface area contributed by atoms with Gasteiger partial charge in [0.1, 0.15) is 13.2 Å². The molecule has 1 atom stereocenters. The highest BCUT2D eigenvalue weighted by Crippen LogP contribution is 2.16. The molecule has 0 bridgehead atoms. The molecule has 0 heterocycles. The maximum Gasteiger partial charge on any atom is 0.306 e. The standard InChI is InChI=1S/C57H104O6/c1-4-7-10-13-16-19-22-25-28-31-34-37-40-43-46-49-55(58)61-52-54(63-57(60)51-48-45-42-39-36-33-30-27-24-21-18-15-12-9-6-3)53-62-56(59)50-47-44-41-38-35-32-29-26-23-20-17-14-11-8-5-2/h16,19,25,27-28,30,54H,4-15,17-18,20-24,26,29,31-53H2,1-3H3/b19-16+,28-25+,30-27+. The number of unbranched alkanes of at least 4 members (excludes halogenated alkanes) is 33. The van der Waals surface area contributed by atoms with Crippen molar-refractivity contribution in [2.45, 2.75) is 297 Å². The van der Waals surface area contributed by atoms with Gasteiger partial charge in [0.2, 0.25) is 0 Å². The first-order valence-electron chi connectivity index (χ1n) is 27.5. The van der Waals surface area contributed by atoms with Crippen molar-refractivity contribution < 1.29 is 28.6 Å². The second-order valence-electron chi connectivity index (χ2n) is 18.5. The molecule has 0 saturated carbocycles. The van der Waals surface area contributed by atoms with Crippen molar-refractivity contribution in [3.63, 3.8) is 0 Å². The molecular weight excluding hydrogens is 781 g/mol. The fourth-order valence-corrected chi connectivity index (χ4v) is 7.94. The van der Waals surface area contributed by atoms with Gasteiger partial charge >= 0.3 is 17.9 Å². The normalized spacial score (nSPS) is 12.2. The summed E-state index contributed by atoms with van der Waals surface area (Å²) in [6, 6.07) is 0. The molecule has 0 rings (SSSR count). The highest BCUT2D eigenvalue weighted by molar-refractivity contribution is 5.71. The van der Waals surface area contributed by atoms with Crippen LogP contribution in [-0.2, 0) is 28.6 Å². The largest absolute Gasteiger partial charge is 0.462 e. The minimum atomic E-state index is -0.779. The third-order valence-corrected chi connectivity index (χ3v) is 12.1. The van der Waals surface area contributed by atoms with E-state index in [2.05, 4.69) is 57.2 Å². The SMILES string of the molecule is CCCCC/C=C/C/C=C/CCCCCCCC(=O)OCC(COC(=O)CCCCCCCCCCCCCCCCC)OC(=O)CCCCCCC/C=C/CCCCCCCC. The number of rotatable bonds is 50. The summed E-state index contributed by atoms with van der Waals surface area (Å²) in [6.45, 7) is 6.62. The zero-order chi connectivity index (χ0) is 45.8. The van der Waals surface area contributed by atoms with Crippen molar-refractivity contribution in [1.82, 2.24) is 0 Å². The zero-order valence-electron chi connectivity index (χ0n) is 42.1. The van der Waals surface area contributed by atoms with Gasteiger partial charge in [0, 0.05) is 19.3 Å². The Kier molecular flexibility index (Phi) is 50.3. The number of hydrogen-bond acceptors (Lipinski definition) is 6. The Bertz CT molecular complexity index is 1060. The van der Waals surface area contributed by atoms with Gasteiger partial charge < -0.3 is 14.2 Å². The number of carbonyl (C=O) groups is 3. The summed E-state index contributed by atoms with van der Waals surface area (Å²) in [5.74, 6) is -0.886. The van der Waals surface area contributed by atoms with E-state index in [1.807, 2.05) is 0 Å². The molecule has 0 fully saturated rings. The Hall–Kier alpha value is -2.37. The van der Waals surface area contributed by atoms with Gasteiger partial charge in [0.25, 0.3) is 0 Å². The molecule has 0 aliphatic carbocycles. The molecule has 6 heteroatoms. The summed E-state index contributed by atoms with van der Waals surface area (Å²) in [7, 11) is 0. The summed E-state index contributed by atoms with van der Waals surface area (Å²) in [6.07, 6.45) is 61.2. The van der Waals surface area contributed by atoms with Gasteiger partial charge in [-0.25, -0.2) is 0 Å². The zero-order valence-corrected chi connectivity index (χ0v) is 42.1. The fraction of sp³-hybridized carbons (Fsp3) is 0.842. The van der Waals surface area contributed by atoms with Crippen LogP contribution in [-0.4, -0.2) is 37.2 Å². The van der Waals surface area contributed by atoms with E-state index in [9.17, 15) is 14.4 Å². The average Bonchev–Trinajstić information content (AvgIpc) is 3.28. The predicted molar refractivity (Wildman–Crippen MR) is 270 cm³/mol. The third-order valence-electron chi connectivity index (χ3n) is 12.1. The lowest BCUT2D eigenvalue weighted by molar-refractivity contribution is -0.167. The van der Waals surface area contributed by atoms with Gasteiger partial charge in [0.15, 0.2) is 6.10 Å². The van der Waals surface area contributed by atoms with Gasteiger partial charge in [-0.05, 0) is 77.0 Å². The Balaban J connectivity index is 4.38. The summed E-state index contributed by atoms with van der Waals surface area (Å²) in [5, 5.41) is 0. The van der Waals surface area contributed by atoms with E-state index in [1.165, 1.54) is 167 Å². The van der Waals surface area contributed by atoms with Crippen LogP contribution in [0.3, 0.4) is 0 Å². The van der Waals surface area contributed by atoms with Crippen molar-refractivity contribution in [3.8, 4) is 0 Å². The Morgan fingerprint density at radius 3 is 0.921 bits per heavy atom. The van der Waals surface area contributed by atoms with Gasteiger partial charge in [-0.3, -0.25) is 14.4 Å². The first-order valence-corrected chi connectivity index (χ1v) is 27.5. The molecule has 63 heavy (non-hydrogen) atoms. The lowest BCUT2D eigenvalue weighted by atomic mass is 10.0. The second-order valence-corrected chi connectivity index (χ2v) is 18.5. The molecule has 0 aromatic heterocycles. The number of esters is 3. The molecule has 0 aliphatic heterocycles. The molecule has 0 aliphatic rings. The van der Waals surface area contributed by atoms with Crippen LogP contribution in [0, 0.1) is 0 Å². The van der Waals surface area contributed by atoms with Crippen LogP contribution in [0.4, 0.5) is 0 Å². The van der Waals surface area contributed by atoms with E-state index in [0.29, 0.717) is 19.3 Å². The minimum Gasteiger partial charge on any atom is -0.462 e. The molecule has 0 spiro atoms. The second kappa shape index (κ2) is 52.3. The first kappa shape index (κ1) is 60.6. The van der Waals surface area contributed by atoms with Crippen molar-refractivity contribution in [1.29, 1.82) is 0 Å². The number of carbonyl (C=O) groups excluding carboxylic acids is 3. The average molecular weight is 885 g/mol. The van der Waals surface area contributed by atoms with E-state index in [1.54, 1.807) is 0 Å². The number of ether oxygens (including phenoxy) is 3. The fourth-order valence-electron chi connectivity index (χ4n) is 7.94. The molecule has 0 aromatic rings. The highest BCUT2D eigenvalue weighted by Gasteiger charge is 2.19. The first-order chi connectivity index (χ1) is 31.0. The summed E-state index contributed by atoms with van der Waals surface area (Å²) >= 11 is 0. The number of allylic oxidation sites excluding steroid dienone is 6. The summed E-state index contributed by atoms with van der Waals surface area (Å²) in [4.78, 5) is 38.0. The van der Waals surface area contributed by atoms with Crippen LogP contribution in [0.5, 0.6) is 0 Å². The van der Waals surface area contributed by atoms with Crippen molar-refractivity contribution >= 4 is 17.9 Å². The maximum absolute atomic E-state index is 12.8. The lowest BCUT2D eigenvalue weighted by Crippen LogP contribution is -2.30. The quantitative estimate of drug-likeness (QED) is 0.0262. The van der Waals surface area contributed by atoms with E-state index in [-0.39, 0.29) is 31.1 Å². The molecule has 0 amide bonds. The Morgan fingerprint density at radius 2 is 0.571 bits per heavy atom. The molecule has 6 nitrogen and oxygen atoms in total. The van der Waals surface area contributed by atoms with E-state index < -0.39 is 6.10 Å². The van der Waals surface area contributed by atoms with Crippen LogP contribution in [0.15, 0.2) is 36.5 Å². The van der Waals surface area contributed by atoms with E-state index in [0.717, 1.165) is 83.5 Å². The van der Waals surface area contributed by atoms with Crippen molar-refractivity contribution in [2.24, 2.45) is 0 Å². The highest BCUT2D eigenvalue weighted by atomic mass is 16.6. The molecular formula is C57H104O6. The monoisotopic (exact) mass is 885 g/mol. The Labute approximate surface area is 391 Å². The minimum absolute atomic E-state index is 0.0767. The van der Waals surface area contributed by atoms with Gasteiger partial charge in [-0.1, -0.05) is 231 Å². The van der Waals surface area contributed by atoms with Gasteiger partial charge in [-0.2, -0.15) is 0 Å².